The molecule has 0 aromatic rings. The topological polar surface area (TPSA) is 35.6 Å². The average molecular weight is 253 g/mol. The number of hydrogen-bond acceptors (Lipinski definition) is 2. The molecule has 2 rings (SSSR count). The summed E-state index contributed by atoms with van der Waals surface area (Å²) in [6.45, 7) is 9.53. The van der Waals surface area contributed by atoms with Crippen molar-refractivity contribution in [1.82, 2.24) is 15.1 Å². The van der Waals surface area contributed by atoms with Gasteiger partial charge in [0, 0.05) is 32.2 Å². The van der Waals surface area contributed by atoms with Crippen LogP contribution < -0.4 is 5.32 Å². The van der Waals surface area contributed by atoms with Crippen molar-refractivity contribution in [3.05, 3.63) is 0 Å². The van der Waals surface area contributed by atoms with Crippen LogP contribution in [0.1, 0.15) is 39.5 Å². The van der Waals surface area contributed by atoms with E-state index in [9.17, 15) is 4.79 Å². The summed E-state index contributed by atoms with van der Waals surface area (Å²) in [4.78, 5) is 16.4. The highest BCUT2D eigenvalue weighted by Crippen LogP contribution is 2.17. The van der Waals surface area contributed by atoms with Gasteiger partial charge in [-0.3, -0.25) is 0 Å². The Kier molecular flexibility index (Phi) is 4.87. The predicted octanol–water partition coefficient (Wildman–Crippen LogP) is 1.91. The molecule has 2 fully saturated rings. The molecule has 18 heavy (non-hydrogen) atoms. The second-order valence-electron chi connectivity index (χ2n) is 5.98. The number of carbonyl (C=O) groups excluding carboxylic acids is 1. The summed E-state index contributed by atoms with van der Waals surface area (Å²) in [5.74, 6) is 0.640. The Labute approximate surface area is 111 Å². The molecule has 2 saturated heterocycles. The van der Waals surface area contributed by atoms with Crippen molar-refractivity contribution in [2.45, 2.75) is 45.6 Å². The number of piperidine rings is 1. The average Bonchev–Trinajstić information content (AvgIpc) is 2.86. The Balaban J connectivity index is 1.67. The van der Waals surface area contributed by atoms with Gasteiger partial charge in [0.2, 0.25) is 0 Å². The van der Waals surface area contributed by atoms with Crippen LogP contribution in [-0.4, -0.2) is 54.6 Å². The normalized spacial score (nSPS) is 25.7. The maximum absolute atomic E-state index is 12.0. The molecule has 0 aromatic carbocycles. The van der Waals surface area contributed by atoms with Crippen LogP contribution in [0.5, 0.6) is 0 Å². The summed E-state index contributed by atoms with van der Waals surface area (Å²) in [6, 6.07) is 0.783. The van der Waals surface area contributed by atoms with Crippen molar-refractivity contribution >= 4 is 6.03 Å². The van der Waals surface area contributed by atoms with Gasteiger partial charge in [-0.15, -0.1) is 0 Å². The summed E-state index contributed by atoms with van der Waals surface area (Å²) < 4.78 is 0. The van der Waals surface area contributed by atoms with E-state index in [1.54, 1.807) is 0 Å². The molecule has 1 N–H and O–H groups in total. The molecule has 2 aliphatic heterocycles. The minimum Gasteiger partial charge on any atom is -0.338 e. The first kappa shape index (κ1) is 13.7. The molecular formula is C14H27N3O. The lowest BCUT2D eigenvalue weighted by Crippen LogP contribution is -2.44. The third-order valence-corrected chi connectivity index (χ3v) is 4.23. The van der Waals surface area contributed by atoms with Crippen molar-refractivity contribution in [3.63, 3.8) is 0 Å². The Morgan fingerprint density at radius 3 is 2.56 bits per heavy atom. The maximum atomic E-state index is 12.0. The number of urea groups is 1. The molecule has 1 unspecified atom stereocenters. The van der Waals surface area contributed by atoms with Crippen LogP contribution in [0.15, 0.2) is 0 Å². The van der Waals surface area contributed by atoms with Gasteiger partial charge in [0.1, 0.15) is 0 Å². The number of nitrogens with one attached hydrogen (secondary N) is 1. The van der Waals surface area contributed by atoms with Gasteiger partial charge in [0.15, 0.2) is 0 Å². The number of rotatable bonds is 3. The van der Waals surface area contributed by atoms with Crippen molar-refractivity contribution in [3.8, 4) is 0 Å². The van der Waals surface area contributed by atoms with Crippen LogP contribution in [0.3, 0.4) is 0 Å². The fourth-order valence-corrected chi connectivity index (χ4v) is 2.94. The molecule has 1 atom stereocenters. The zero-order chi connectivity index (χ0) is 13.0. The van der Waals surface area contributed by atoms with Gasteiger partial charge in [0.25, 0.3) is 0 Å². The van der Waals surface area contributed by atoms with E-state index < -0.39 is 0 Å². The fourth-order valence-electron chi connectivity index (χ4n) is 2.94. The molecule has 0 aromatic heterocycles. The van der Waals surface area contributed by atoms with Crippen molar-refractivity contribution in [1.29, 1.82) is 0 Å². The number of amides is 2. The summed E-state index contributed by atoms with van der Waals surface area (Å²) >= 11 is 0. The van der Waals surface area contributed by atoms with Gasteiger partial charge >= 0.3 is 6.03 Å². The summed E-state index contributed by atoms with van der Waals surface area (Å²) in [5, 5.41) is 3.11. The molecule has 2 heterocycles. The van der Waals surface area contributed by atoms with Gasteiger partial charge < -0.3 is 15.1 Å². The molecule has 0 spiro atoms. The van der Waals surface area contributed by atoms with Crippen LogP contribution in [0.25, 0.3) is 0 Å². The van der Waals surface area contributed by atoms with Crippen molar-refractivity contribution < 1.29 is 4.79 Å². The molecule has 4 nitrogen and oxygen atoms in total. The van der Waals surface area contributed by atoms with Gasteiger partial charge in [-0.2, -0.15) is 0 Å². The first-order valence-corrected chi connectivity index (χ1v) is 7.43. The minimum absolute atomic E-state index is 0.151. The molecular weight excluding hydrogens is 226 g/mol. The van der Waals surface area contributed by atoms with E-state index in [2.05, 4.69) is 24.1 Å². The zero-order valence-corrected chi connectivity index (χ0v) is 11.8. The van der Waals surface area contributed by atoms with E-state index in [0.29, 0.717) is 12.0 Å². The minimum atomic E-state index is 0.151. The fraction of sp³-hybridized carbons (Fsp3) is 0.929. The van der Waals surface area contributed by atoms with Crippen molar-refractivity contribution in [2.75, 3.05) is 32.7 Å². The maximum Gasteiger partial charge on any atom is 0.317 e. The highest BCUT2D eigenvalue weighted by Gasteiger charge is 2.25. The van der Waals surface area contributed by atoms with E-state index in [0.717, 1.165) is 39.0 Å². The summed E-state index contributed by atoms with van der Waals surface area (Å²) in [7, 11) is 0. The van der Waals surface area contributed by atoms with E-state index in [4.69, 9.17) is 0 Å². The van der Waals surface area contributed by atoms with E-state index >= 15 is 0 Å². The van der Waals surface area contributed by atoms with Crippen LogP contribution in [0, 0.1) is 5.92 Å². The van der Waals surface area contributed by atoms with Gasteiger partial charge in [-0.05, 0) is 52.0 Å². The third kappa shape index (κ3) is 3.61. The molecule has 0 radical (unpaired) electrons. The summed E-state index contributed by atoms with van der Waals surface area (Å²) in [6.07, 6.45) is 4.82. The van der Waals surface area contributed by atoms with Gasteiger partial charge in [-0.1, -0.05) is 0 Å². The lowest BCUT2D eigenvalue weighted by Gasteiger charge is -2.27. The number of nitrogens with zero attached hydrogens (tertiary/aromatic N) is 2. The summed E-state index contributed by atoms with van der Waals surface area (Å²) in [5.41, 5.74) is 0. The number of hydrogen-bond donors (Lipinski definition) is 1. The van der Waals surface area contributed by atoms with Crippen LogP contribution in [-0.2, 0) is 0 Å². The van der Waals surface area contributed by atoms with Crippen LogP contribution in [0.2, 0.25) is 0 Å². The lowest BCUT2D eigenvalue weighted by molar-refractivity contribution is 0.184. The standard InChI is InChI=1S/C14H27N3O/c1-12(2)17-9-6-13(11-17)10-15-14(18)16-7-4-3-5-8-16/h12-13H,3-11H2,1-2H3,(H,15,18). The van der Waals surface area contributed by atoms with Gasteiger partial charge in [-0.25, -0.2) is 4.79 Å². The molecule has 2 amide bonds. The molecule has 4 heteroatoms. The van der Waals surface area contributed by atoms with Crippen LogP contribution >= 0.6 is 0 Å². The van der Waals surface area contributed by atoms with Crippen molar-refractivity contribution in [2.24, 2.45) is 5.92 Å². The largest absolute Gasteiger partial charge is 0.338 e. The smallest absolute Gasteiger partial charge is 0.317 e. The second kappa shape index (κ2) is 6.41. The Morgan fingerprint density at radius 1 is 1.22 bits per heavy atom. The second-order valence-corrected chi connectivity index (χ2v) is 5.98. The lowest BCUT2D eigenvalue weighted by atomic mass is 10.1. The Hall–Kier alpha value is -0.770. The molecule has 2 aliphatic rings. The van der Waals surface area contributed by atoms with E-state index in [1.165, 1.54) is 19.4 Å². The molecule has 0 saturated carbocycles. The zero-order valence-electron chi connectivity index (χ0n) is 11.8. The monoisotopic (exact) mass is 253 g/mol. The Bertz CT molecular complexity index is 274. The number of likely N-dealkylation sites (tertiary alicyclic amines) is 2. The number of carbonyl (C=O) groups is 1. The van der Waals surface area contributed by atoms with E-state index in [-0.39, 0.29) is 6.03 Å². The molecule has 0 aliphatic carbocycles. The highest BCUT2D eigenvalue weighted by atomic mass is 16.2. The van der Waals surface area contributed by atoms with E-state index in [1.807, 2.05) is 4.90 Å². The predicted molar refractivity (Wildman–Crippen MR) is 73.6 cm³/mol. The molecule has 104 valence electrons. The quantitative estimate of drug-likeness (QED) is 0.834. The third-order valence-electron chi connectivity index (χ3n) is 4.23. The highest BCUT2D eigenvalue weighted by molar-refractivity contribution is 5.74. The molecule has 0 bridgehead atoms. The first-order valence-electron chi connectivity index (χ1n) is 7.43. The SMILES string of the molecule is CC(C)N1CCC(CNC(=O)N2CCCCC2)C1. The van der Waals surface area contributed by atoms with Gasteiger partial charge in [0.05, 0.1) is 0 Å². The Morgan fingerprint density at radius 2 is 1.94 bits per heavy atom. The van der Waals surface area contributed by atoms with Crippen LogP contribution in [0.4, 0.5) is 4.79 Å². The first-order chi connectivity index (χ1) is 8.66.